The summed E-state index contributed by atoms with van der Waals surface area (Å²) in [4.78, 5) is 16.6. The molecule has 0 saturated heterocycles. The van der Waals surface area contributed by atoms with Crippen LogP contribution in [0, 0.1) is 5.41 Å². The van der Waals surface area contributed by atoms with Crippen molar-refractivity contribution in [2.75, 3.05) is 0 Å². The number of carboxylic acid groups (broad SMARTS) is 1. The van der Waals surface area contributed by atoms with E-state index in [9.17, 15) is 9.90 Å². The van der Waals surface area contributed by atoms with Crippen LogP contribution in [-0.2, 0) is 4.79 Å². The molecule has 4 aromatic rings. The maximum Gasteiger partial charge on any atom is 0.318 e. The highest BCUT2D eigenvalue weighted by molar-refractivity contribution is 6.15. The van der Waals surface area contributed by atoms with Gasteiger partial charge in [-0.1, -0.05) is 60.7 Å². The van der Waals surface area contributed by atoms with Gasteiger partial charge in [-0.2, -0.15) is 0 Å². The number of nitrogens with zero attached hydrogens (tertiary/aromatic N) is 1. The van der Waals surface area contributed by atoms with Crippen LogP contribution in [0.3, 0.4) is 0 Å². The third kappa shape index (κ3) is 2.13. The molecule has 0 aliphatic heterocycles. The normalized spacial score (nSPS) is 19.9. The number of carboxylic acids is 1. The number of allylic oxidation sites excluding steroid dienone is 3. The monoisotopic (exact) mass is 375 g/mol. The molecule has 1 unspecified atom stereocenters. The number of aromatic nitrogens is 1. The third-order valence-corrected chi connectivity index (χ3v) is 6.31. The Hall–Kier alpha value is -3.72. The highest BCUT2D eigenvalue weighted by Crippen LogP contribution is 2.49. The number of hydrogen-bond acceptors (Lipinski definition) is 2. The lowest BCUT2D eigenvalue weighted by molar-refractivity contribution is -0.143. The van der Waals surface area contributed by atoms with Gasteiger partial charge in [-0.05, 0) is 62.9 Å². The molecule has 0 amide bonds. The number of hydrogen-bond donors (Lipinski definition) is 1. The molecule has 29 heavy (non-hydrogen) atoms. The molecule has 0 radical (unpaired) electrons. The topological polar surface area (TPSA) is 50.2 Å². The average Bonchev–Trinajstić information content (AvgIpc) is 2.76. The van der Waals surface area contributed by atoms with Crippen LogP contribution in [0.4, 0.5) is 0 Å². The maximum atomic E-state index is 12.2. The van der Waals surface area contributed by atoms with E-state index in [1.165, 1.54) is 10.8 Å². The van der Waals surface area contributed by atoms with Crippen molar-refractivity contribution in [2.45, 2.75) is 6.42 Å². The Morgan fingerprint density at radius 3 is 2.79 bits per heavy atom. The lowest BCUT2D eigenvalue weighted by Gasteiger charge is -2.34. The predicted molar refractivity (Wildman–Crippen MR) is 118 cm³/mol. The SMILES string of the molecule is O=C(O)C12C=Cc3c(ccc4c3ccc3cc5ncccc5cc34)C1=CC=CC2. The van der Waals surface area contributed by atoms with E-state index >= 15 is 0 Å². The fourth-order valence-electron chi connectivity index (χ4n) is 4.81. The predicted octanol–water partition coefficient (Wildman–Crippen LogP) is 5.98. The van der Waals surface area contributed by atoms with Crippen molar-refractivity contribution >= 4 is 50.1 Å². The Morgan fingerprint density at radius 2 is 1.90 bits per heavy atom. The number of pyridine rings is 1. The Morgan fingerprint density at radius 1 is 1.00 bits per heavy atom. The van der Waals surface area contributed by atoms with Gasteiger partial charge in [-0.25, -0.2) is 0 Å². The summed E-state index contributed by atoms with van der Waals surface area (Å²) in [7, 11) is 0. The number of rotatable bonds is 1. The maximum absolute atomic E-state index is 12.2. The van der Waals surface area contributed by atoms with Gasteiger partial charge < -0.3 is 5.11 Å². The summed E-state index contributed by atoms with van der Waals surface area (Å²) in [6, 6.07) is 16.8. The van der Waals surface area contributed by atoms with Crippen LogP contribution < -0.4 is 0 Å². The first-order valence-electron chi connectivity index (χ1n) is 9.72. The molecule has 2 aliphatic rings. The molecule has 0 spiro atoms. The van der Waals surface area contributed by atoms with Gasteiger partial charge in [0.15, 0.2) is 0 Å². The van der Waals surface area contributed by atoms with E-state index < -0.39 is 11.4 Å². The van der Waals surface area contributed by atoms with Gasteiger partial charge in [-0.3, -0.25) is 9.78 Å². The van der Waals surface area contributed by atoms with E-state index in [1.807, 2.05) is 42.6 Å². The Bertz CT molecular complexity index is 1460. The van der Waals surface area contributed by atoms with Crippen molar-refractivity contribution in [3.8, 4) is 0 Å². The molecule has 3 aromatic carbocycles. The molecule has 1 N–H and O–H groups in total. The van der Waals surface area contributed by atoms with Gasteiger partial charge in [0.2, 0.25) is 0 Å². The van der Waals surface area contributed by atoms with Crippen molar-refractivity contribution in [1.82, 2.24) is 4.98 Å². The Kier molecular flexibility index (Phi) is 3.16. The molecule has 1 atom stereocenters. The van der Waals surface area contributed by atoms with E-state index in [0.717, 1.165) is 38.4 Å². The summed E-state index contributed by atoms with van der Waals surface area (Å²) < 4.78 is 0. The van der Waals surface area contributed by atoms with Crippen LogP contribution in [0.25, 0.3) is 44.1 Å². The number of benzene rings is 3. The summed E-state index contributed by atoms with van der Waals surface area (Å²) >= 11 is 0. The second kappa shape index (κ2) is 5.65. The lowest BCUT2D eigenvalue weighted by Crippen LogP contribution is -2.32. The molecule has 0 bridgehead atoms. The van der Waals surface area contributed by atoms with Crippen molar-refractivity contribution < 1.29 is 9.90 Å². The molecule has 1 aromatic heterocycles. The van der Waals surface area contributed by atoms with Gasteiger partial charge >= 0.3 is 5.97 Å². The van der Waals surface area contributed by atoms with Gasteiger partial charge in [0.05, 0.1) is 5.52 Å². The minimum Gasteiger partial charge on any atom is -0.480 e. The summed E-state index contributed by atoms with van der Waals surface area (Å²) in [6.07, 6.45) is 12.0. The largest absolute Gasteiger partial charge is 0.480 e. The summed E-state index contributed by atoms with van der Waals surface area (Å²) in [5.74, 6) is -0.799. The zero-order valence-electron chi connectivity index (χ0n) is 15.6. The van der Waals surface area contributed by atoms with Gasteiger partial charge in [0.1, 0.15) is 5.41 Å². The number of fused-ring (bicyclic) bond motifs is 8. The highest BCUT2D eigenvalue weighted by Gasteiger charge is 2.43. The van der Waals surface area contributed by atoms with Crippen LogP contribution in [-0.4, -0.2) is 16.1 Å². The van der Waals surface area contributed by atoms with Gasteiger partial charge in [0, 0.05) is 11.6 Å². The quantitative estimate of drug-likeness (QED) is 0.329. The second-order valence-electron chi connectivity index (χ2n) is 7.78. The van der Waals surface area contributed by atoms with Crippen LogP contribution in [0.2, 0.25) is 0 Å². The van der Waals surface area contributed by atoms with Crippen LogP contribution in [0.5, 0.6) is 0 Å². The molecule has 0 fully saturated rings. The molecule has 2 aliphatic carbocycles. The fourth-order valence-corrected chi connectivity index (χ4v) is 4.81. The Labute approximate surface area is 167 Å². The van der Waals surface area contributed by atoms with Crippen LogP contribution >= 0.6 is 0 Å². The van der Waals surface area contributed by atoms with Crippen molar-refractivity contribution in [2.24, 2.45) is 5.41 Å². The van der Waals surface area contributed by atoms with Crippen molar-refractivity contribution in [3.05, 3.63) is 90.2 Å². The van der Waals surface area contributed by atoms with E-state index in [2.05, 4.69) is 47.4 Å². The molecule has 1 heterocycles. The van der Waals surface area contributed by atoms with Crippen molar-refractivity contribution in [1.29, 1.82) is 0 Å². The smallest absolute Gasteiger partial charge is 0.318 e. The van der Waals surface area contributed by atoms with E-state index in [0.29, 0.717) is 6.42 Å². The molecule has 0 saturated carbocycles. The number of carbonyl (C=O) groups is 1. The average molecular weight is 375 g/mol. The highest BCUT2D eigenvalue weighted by atomic mass is 16.4. The first-order chi connectivity index (χ1) is 14.2. The number of aliphatic carboxylic acids is 1. The van der Waals surface area contributed by atoms with Crippen molar-refractivity contribution in [3.63, 3.8) is 0 Å². The van der Waals surface area contributed by atoms with Gasteiger partial charge in [0.25, 0.3) is 0 Å². The second-order valence-corrected chi connectivity index (χ2v) is 7.78. The van der Waals surface area contributed by atoms with Crippen LogP contribution in [0.1, 0.15) is 17.5 Å². The fraction of sp³-hybridized carbons (Fsp3) is 0.0769. The lowest BCUT2D eigenvalue weighted by atomic mass is 9.67. The van der Waals surface area contributed by atoms with E-state index in [-0.39, 0.29) is 0 Å². The van der Waals surface area contributed by atoms with Gasteiger partial charge in [-0.15, -0.1) is 0 Å². The molecule has 3 nitrogen and oxygen atoms in total. The van der Waals surface area contributed by atoms with Crippen LogP contribution in [0.15, 0.2) is 79.0 Å². The zero-order chi connectivity index (χ0) is 19.6. The summed E-state index contributed by atoms with van der Waals surface area (Å²) in [5.41, 5.74) is 2.99. The standard InChI is InChI=1S/C26H17NO2/c28-25(29)26-11-2-1-5-23(26)21-9-8-19-18(20(21)10-12-26)7-6-16-15-24-17(14-22(16)19)4-3-13-27-24/h1-10,12-15H,11H2,(H,28,29). The minimum atomic E-state index is -0.964. The minimum absolute atomic E-state index is 0.485. The molecule has 6 rings (SSSR count). The first kappa shape index (κ1) is 16.3. The molecular weight excluding hydrogens is 358 g/mol. The zero-order valence-corrected chi connectivity index (χ0v) is 15.6. The summed E-state index contributed by atoms with van der Waals surface area (Å²) in [5, 5.41) is 15.7. The Balaban J connectivity index is 1.68. The molecule has 138 valence electrons. The molecule has 3 heteroatoms. The summed E-state index contributed by atoms with van der Waals surface area (Å²) in [6.45, 7) is 0. The van der Waals surface area contributed by atoms with E-state index in [1.54, 1.807) is 0 Å². The first-order valence-corrected chi connectivity index (χ1v) is 9.72. The third-order valence-electron chi connectivity index (χ3n) is 6.31. The molecular formula is C26H17NO2. The van der Waals surface area contributed by atoms with E-state index in [4.69, 9.17) is 0 Å².